The van der Waals surface area contributed by atoms with E-state index >= 15 is 0 Å². The van der Waals surface area contributed by atoms with E-state index in [0.717, 1.165) is 32.1 Å². The Bertz CT molecular complexity index is 413. The van der Waals surface area contributed by atoms with Crippen LogP contribution >= 0.6 is 0 Å². The summed E-state index contributed by atoms with van der Waals surface area (Å²) in [5, 5.41) is 15.6. The highest BCUT2D eigenvalue weighted by Crippen LogP contribution is 2.31. The van der Waals surface area contributed by atoms with Crippen LogP contribution in [0.15, 0.2) is 51.0 Å². The molecule has 0 saturated heterocycles. The Morgan fingerprint density at radius 2 is 1.63 bits per heavy atom. The number of rotatable bonds is 8. The van der Waals surface area contributed by atoms with E-state index in [0.29, 0.717) is 0 Å². The SMILES string of the molecule is [CH2]CCC1(CCCCCc2ccccc2)N=NN=N1. The number of hydrogen-bond acceptors (Lipinski definition) is 4. The van der Waals surface area contributed by atoms with Crippen LogP contribution in [0.2, 0.25) is 0 Å². The molecular formula is C15H21N4. The topological polar surface area (TPSA) is 49.4 Å². The number of unbranched alkanes of at least 4 members (excludes halogenated alkanes) is 2. The van der Waals surface area contributed by atoms with Gasteiger partial charge >= 0.3 is 0 Å². The Morgan fingerprint density at radius 3 is 2.32 bits per heavy atom. The number of hydrogen-bond donors (Lipinski definition) is 0. The van der Waals surface area contributed by atoms with E-state index in [-0.39, 0.29) is 0 Å². The molecule has 0 unspecified atom stereocenters. The third-order valence-electron chi connectivity index (χ3n) is 3.46. The fourth-order valence-electron chi connectivity index (χ4n) is 2.39. The number of benzene rings is 1. The van der Waals surface area contributed by atoms with Crippen LogP contribution in [0.3, 0.4) is 0 Å². The van der Waals surface area contributed by atoms with Crippen LogP contribution in [-0.2, 0) is 6.42 Å². The largest absolute Gasteiger partial charge is 0.195 e. The van der Waals surface area contributed by atoms with Gasteiger partial charge in [-0.1, -0.05) is 43.7 Å². The molecule has 1 aliphatic heterocycles. The first-order valence-electron chi connectivity index (χ1n) is 7.02. The molecule has 1 aromatic rings. The van der Waals surface area contributed by atoms with Gasteiger partial charge < -0.3 is 0 Å². The smallest absolute Gasteiger partial charge is 0.135 e. The molecule has 19 heavy (non-hydrogen) atoms. The van der Waals surface area contributed by atoms with Gasteiger partial charge in [0.15, 0.2) is 5.66 Å². The zero-order valence-electron chi connectivity index (χ0n) is 11.3. The zero-order chi connectivity index (χ0) is 13.4. The lowest BCUT2D eigenvalue weighted by atomic mass is 9.97. The molecule has 0 aliphatic carbocycles. The highest BCUT2D eigenvalue weighted by atomic mass is 15.6. The predicted octanol–water partition coefficient (Wildman–Crippen LogP) is 4.93. The standard InChI is InChI=1S/C15H21N4/c1-2-12-15(16-18-19-17-15)13-8-4-7-11-14-9-5-3-6-10-14/h3,5-6,9-10H,1-2,4,7-8,11-13H2. The average Bonchev–Trinajstić information content (AvgIpc) is 2.89. The first kappa shape index (κ1) is 13.8. The summed E-state index contributed by atoms with van der Waals surface area (Å²) in [6.07, 6.45) is 7.26. The van der Waals surface area contributed by atoms with Crippen molar-refractivity contribution in [3.63, 3.8) is 0 Å². The predicted molar refractivity (Wildman–Crippen MR) is 75.6 cm³/mol. The molecule has 0 aromatic heterocycles. The lowest BCUT2D eigenvalue weighted by Gasteiger charge is -2.18. The Hall–Kier alpha value is -1.58. The molecule has 0 bridgehead atoms. The Kier molecular flexibility index (Phi) is 5.19. The maximum absolute atomic E-state index is 4.16. The minimum absolute atomic E-state index is 0.394. The van der Waals surface area contributed by atoms with Gasteiger partial charge in [0.25, 0.3) is 0 Å². The summed E-state index contributed by atoms with van der Waals surface area (Å²) >= 11 is 0. The molecule has 0 fully saturated rings. The summed E-state index contributed by atoms with van der Waals surface area (Å²) < 4.78 is 0. The van der Waals surface area contributed by atoms with Crippen molar-refractivity contribution in [1.29, 1.82) is 0 Å². The van der Waals surface area contributed by atoms with Crippen LogP contribution in [0.25, 0.3) is 0 Å². The second-order valence-electron chi connectivity index (χ2n) is 5.01. The van der Waals surface area contributed by atoms with Crippen molar-refractivity contribution in [2.45, 2.75) is 50.6 Å². The second kappa shape index (κ2) is 7.12. The summed E-state index contributed by atoms with van der Waals surface area (Å²) in [7, 11) is 0. The van der Waals surface area contributed by atoms with Gasteiger partial charge in [-0.15, -0.1) is 10.2 Å². The Labute approximate surface area is 115 Å². The lowest BCUT2D eigenvalue weighted by Crippen LogP contribution is -2.20. The van der Waals surface area contributed by atoms with E-state index in [4.69, 9.17) is 0 Å². The van der Waals surface area contributed by atoms with Crippen molar-refractivity contribution in [2.24, 2.45) is 20.7 Å². The Balaban J connectivity index is 1.66. The van der Waals surface area contributed by atoms with Gasteiger partial charge in [-0.2, -0.15) is 0 Å². The lowest BCUT2D eigenvalue weighted by molar-refractivity contribution is 0.364. The summed E-state index contributed by atoms with van der Waals surface area (Å²) in [5.74, 6) is 0. The fourth-order valence-corrected chi connectivity index (χ4v) is 2.39. The molecular weight excluding hydrogens is 236 g/mol. The van der Waals surface area contributed by atoms with Gasteiger partial charge in [0.05, 0.1) is 0 Å². The van der Waals surface area contributed by atoms with E-state index < -0.39 is 5.66 Å². The molecule has 1 aromatic carbocycles. The normalized spacial score (nSPS) is 16.1. The molecule has 0 amide bonds. The molecule has 1 radical (unpaired) electrons. The summed E-state index contributed by atoms with van der Waals surface area (Å²) in [6.45, 7) is 3.87. The maximum Gasteiger partial charge on any atom is 0.195 e. The fraction of sp³-hybridized carbons (Fsp3) is 0.533. The van der Waals surface area contributed by atoms with Crippen molar-refractivity contribution in [3.8, 4) is 0 Å². The van der Waals surface area contributed by atoms with E-state index in [1.54, 1.807) is 0 Å². The third kappa shape index (κ3) is 4.23. The van der Waals surface area contributed by atoms with Crippen LogP contribution in [0.1, 0.15) is 44.1 Å². The van der Waals surface area contributed by atoms with Crippen molar-refractivity contribution in [3.05, 3.63) is 42.8 Å². The molecule has 0 spiro atoms. The maximum atomic E-state index is 4.16. The minimum atomic E-state index is -0.394. The summed E-state index contributed by atoms with van der Waals surface area (Å²) in [4.78, 5) is 0. The van der Waals surface area contributed by atoms with Crippen molar-refractivity contribution in [2.75, 3.05) is 0 Å². The van der Waals surface area contributed by atoms with Crippen LogP contribution in [0, 0.1) is 6.92 Å². The number of aryl methyl sites for hydroxylation is 1. The molecule has 0 saturated carbocycles. The highest BCUT2D eigenvalue weighted by Gasteiger charge is 2.31. The average molecular weight is 257 g/mol. The van der Waals surface area contributed by atoms with Crippen LogP contribution < -0.4 is 0 Å². The van der Waals surface area contributed by atoms with Crippen LogP contribution in [0.4, 0.5) is 0 Å². The molecule has 2 rings (SSSR count). The quantitative estimate of drug-likeness (QED) is 0.593. The third-order valence-corrected chi connectivity index (χ3v) is 3.46. The van der Waals surface area contributed by atoms with Gasteiger partial charge in [-0.25, -0.2) is 0 Å². The molecule has 1 aliphatic rings. The van der Waals surface area contributed by atoms with Gasteiger partial charge in [0, 0.05) is 0 Å². The van der Waals surface area contributed by atoms with E-state index in [9.17, 15) is 0 Å². The molecule has 4 nitrogen and oxygen atoms in total. The molecule has 1 heterocycles. The number of nitrogens with zero attached hydrogens (tertiary/aromatic N) is 4. The van der Waals surface area contributed by atoms with Crippen LogP contribution in [-0.4, -0.2) is 5.66 Å². The van der Waals surface area contributed by atoms with Crippen molar-refractivity contribution in [1.82, 2.24) is 0 Å². The molecule has 0 atom stereocenters. The van der Waals surface area contributed by atoms with Crippen LogP contribution in [0.5, 0.6) is 0 Å². The van der Waals surface area contributed by atoms with E-state index in [1.165, 1.54) is 18.4 Å². The highest BCUT2D eigenvalue weighted by molar-refractivity contribution is 5.14. The van der Waals surface area contributed by atoms with Crippen molar-refractivity contribution >= 4 is 0 Å². The summed E-state index contributed by atoms with van der Waals surface area (Å²) in [6, 6.07) is 10.6. The first-order valence-corrected chi connectivity index (χ1v) is 7.02. The van der Waals surface area contributed by atoms with Gasteiger partial charge in [0.1, 0.15) is 0 Å². The van der Waals surface area contributed by atoms with Gasteiger partial charge in [-0.3, -0.25) is 0 Å². The molecule has 0 N–H and O–H groups in total. The minimum Gasteiger partial charge on any atom is -0.135 e. The zero-order valence-corrected chi connectivity index (χ0v) is 11.3. The van der Waals surface area contributed by atoms with E-state index in [2.05, 4.69) is 57.9 Å². The molecule has 101 valence electrons. The van der Waals surface area contributed by atoms with Gasteiger partial charge in [0.2, 0.25) is 0 Å². The molecule has 4 heteroatoms. The van der Waals surface area contributed by atoms with E-state index in [1.807, 2.05) is 0 Å². The van der Waals surface area contributed by atoms with Crippen molar-refractivity contribution < 1.29 is 0 Å². The Morgan fingerprint density at radius 1 is 0.895 bits per heavy atom. The second-order valence-corrected chi connectivity index (χ2v) is 5.01. The monoisotopic (exact) mass is 257 g/mol. The summed E-state index contributed by atoms with van der Waals surface area (Å²) in [5.41, 5.74) is 1.02. The first-order chi connectivity index (χ1) is 9.35. The van der Waals surface area contributed by atoms with Gasteiger partial charge in [-0.05, 0) is 54.5 Å².